The summed E-state index contributed by atoms with van der Waals surface area (Å²) >= 11 is 0. The van der Waals surface area contributed by atoms with Crippen molar-refractivity contribution >= 4 is 18.3 Å². The summed E-state index contributed by atoms with van der Waals surface area (Å²) in [5.74, 6) is -0.0499. The number of hydrogen-bond donors (Lipinski definition) is 1. The van der Waals surface area contributed by atoms with Crippen LogP contribution in [0.4, 0.5) is 0 Å². The molecule has 5 heteroatoms. The molecule has 1 atom stereocenters. The zero-order chi connectivity index (χ0) is 14.3. The quantitative estimate of drug-likeness (QED) is 0.786. The van der Waals surface area contributed by atoms with Crippen LogP contribution in [0.5, 0.6) is 0 Å². The molecule has 0 radical (unpaired) electrons. The number of carbonyl (C=O) groups is 1. The lowest BCUT2D eigenvalue weighted by atomic mass is 10.0. The van der Waals surface area contributed by atoms with Crippen LogP contribution in [0, 0.1) is 6.92 Å². The number of rotatable bonds is 7. The highest BCUT2D eigenvalue weighted by Gasteiger charge is 2.21. The van der Waals surface area contributed by atoms with Crippen molar-refractivity contribution in [1.29, 1.82) is 0 Å². The van der Waals surface area contributed by atoms with Gasteiger partial charge < -0.3 is 15.4 Å². The molecule has 0 saturated carbocycles. The topological polar surface area (TPSA) is 55.6 Å². The molecular formula is C15H25ClN2O2. The first-order chi connectivity index (χ1) is 9.10. The molecule has 2 N–H and O–H groups in total. The maximum Gasteiger partial charge on any atom is 0.244 e. The van der Waals surface area contributed by atoms with Crippen LogP contribution < -0.4 is 5.73 Å². The maximum atomic E-state index is 12.3. The average Bonchev–Trinajstić information content (AvgIpc) is 2.43. The number of ether oxygens (including phenoxy) is 1. The van der Waals surface area contributed by atoms with Crippen molar-refractivity contribution in [3.05, 3.63) is 35.4 Å². The van der Waals surface area contributed by atoms with E-state index in [2.05, 4.69) is 0 Å². The SMILES string of the molecule is CCOCCN(CC)C(=O)C(N)c1ccc(C)cc1.Cl. The molecular weight excluding hydrogens is 276 g/mol. The Kier molecular flexibility index (Phi) is 9.21. The first-order valence-electron chi connectivity index (χ1n) is 6.78. The Morgan fingerprint density at radius 3 is 2.40 bits per heavy atom. The largest absolute Gasteiger partial charge is 0.380 e. The van der Waals surface area contributed by atoms with Gasteiger partial charge in [0.2, 0.25) is 5.91 Å². The van der Waals surface area contributed by atoms with Gasteiger partial charge in [-0.1, -0.05) is 29.8 Å². The zero-order valence-electron chi connectivity index (χ0n) is 12.5. The highest BCUT2D eigenvalue weighted by molar-refractivity contribution is 5.85. The highest BCUT2D eigenvalue weighted by atomic mass is 35.5. The summed E-state index contributed by atoms with van der Waals surface area (Å²) in [5, 5.41) is 0. The fraction of sp³-hybridized carbons (Fsp3) is 0.533. The van der Waals surface area contributed by atoms with Crippen molar-refractivity contribution in [1.82, 2.24) is 4.90 Å². The van der Waals surface area contributed by atoms with Crippen LogP contribution in [0.25, 0.3) is 0 Å². The summed E-state index contributed by atoms with van der Waals surface area (Å²) in [5.41, 5.74) is 8.05. The molecule has 0 fully saturated rings. The van der Waals surface area contributed by atoms with Crippen molar-refractivity contribution in [2.75, 3.05) is 26.3 Å². The van der Waals surface area contributed by atoms with Crippen LogP contribution in [-0.4, -0.2) is 37.1 Å². The Hall–Kier alpha value is -1.10. The van der Waals surface area contributed by atoms with E-state index in [1.54, 1.807) is 4.90 Å². The molecule has 4 nitrogen and oxygen atoms in total. The van der Waals surface area contributed by atoms with Crippen molar-refractivity contribution in [3.8, 4) is 0 Å². The number of amides is 1. The minimum Gasteiger partial charge on any atom is -0.380 e. The van der Waals surface area contributed by atoms with Gasteiger partial charge in [0.15, 0.2) is 0 Å². The number of benzene rings is 1. The summed E-state index contributed by atoms with van der Waals surface area (Å²) in [6, 6.07) is 7.17. The fourth-order valence-corrected chi connectivity index (χ4v) is 1.86. The molecule has 1 aromatic rings. The molecule has 1 rings (SSSR count). The monoisotopic (exact) mass is 300 g/mol. The molecule has 20 heavy (non-hydrogen) atoms. The number of aryl methyl sites for hydroxylation is 1. The molecule has 0 aliphatic heterocycles. The van der Waals surface area contributed by atoms with E-state index in [0.717, 1.165) is 11.1 Å². The van der Waals surface area contributed by atoms with E-state index in [1.807, 2.05) is 45.0 Å². The van der Waals surface area contributed by atoms with Crippen molar-refractivity contribution in [3.63, 3.8) is 0 Å². The van der Waals surface area contributed by atoms with Gasteiger partial charge in [0, 0.05) is 19.7 Å². The second kappa shape index (κ2) is 9.75. The van der Waals surface area contributed by atoms with Gasteiger partial charge >= 0.3 is 0 Å². The van der Waals surface area contributed by atoms with E-state index in [4.69, 9.17) is 10.5 Å². The number of nitrogens with zero attached hydrogens (tertiary/aromatic N) is 1. The Bertz CT molecular complexity index is 395. The third kappa shape index (κ3) is 5.49. The van der Waals surface area contributed by atoms with Gasteiger partial charge in [-0.15, -0.1) is 12.4 Å². The van der Waals surface area contributed by atoms with Crippen molar-refractivity contribution in [2.24, 2.45) is 5.73 Å². The average molecular weight is 301 g/mol. The second-order valence-electron chi connectivity index (χ2n) is 4.50. The van der Waals surface area contributed by atoms with E-state index in [9.17, 15) is 4.79 Å². The standard InChI is InChI=1S/C15H24N2O2.ClH/c1-4-17(10-11-19-5-2)15(18)14(16)13-8-6-12(3)7-9-13;/h6-9,14H,4-5,10-11,16H2,1-3H3;1H. The third-order valence-corrected chi connectivity index (χ3v) is 3.11. The van der Waals surface area contributed by atoms with Gasteiger partial charge in [-0.3, -0.25) is 4.79 Å². The van der Waals surface area contributed by atoms with Gasteiger partial charge in [-0.2, -0.15) is 0 Å². The lowest BCUT2D eigenvalue weighted by Crippen LogP contribution is -2.40. The predicted octanol–water partition coefficient (Wildman–Crippen LogP) is 2.30. The minimum atomic E-state index is -0.595. The first kappa shape index (κ1) is 18.9. The smallest absolute Gasteiger partial charge is 0.244 e. The van der Waals surface area contributed by atoms with E-state index < -0.39 is 6.04 Å². The maximum absolute atomic E-state index is 12.3. The Labute approximate surface area is 127 Å². The van der Waals surface area contributed by atoms with Crippen LogP contribution in [0.3, 0.4) is 0 Å². The van der Waals surface area contributed by atoms with Crippen LogP contribution in [-0.2, 0) is 9.53 Å². The molecule has 0 spiro atoms. The highest BCUT2D eigenvalue weighted by Crippen LogP contribution is 2.14. The van der Waals surface area contributed by atoms with Gasteiger partial charge in [0.05, 0.1) is 6.61 Å². The second-order valence-corrected chi connectivity index (χ2v) is 4.50. The molecule has 1 aromatic carbocycles. The van der Waals surface area contributed by atoms with Gasteiger partial charge in [-0.25, -0.2) is 0 Å². The molecule has 0 aliphatic carbocycles. The van der Waals surface area contributed by atoms with Gasteiger partial charge in [0.1, 0.15) is 6.04 Å². The molecule has 0 aliphatic rings. The summed E-state index contributed by atoms with van der Waals surface area (Å²) in [6.07, 6.45) is 0. The number of halogens is 1. The van der Waals surface area contributed by atoms with Crippen LogP contribution in [0.15, 0.2) is 24.3 Å². The van der Waals surface area contributed by atoms with Crippen molar-refractivity contribution < 1.29 is 9.53 Å². The summed E-state index contributed by atoms with van der Waals surface area (Å²) in [6.45, 7) is 8.35. The van der Waals surface area contributed by atoms with Crippen molar-refractivity contribution in [2.45, 2.75) is 26.8 Å². The van der Waals surface area contributed by atoms with E-state index in [1.165, 1.54) is 0 Å². The summed E-state index contributed by atoms with van der Waals surface area (Å²) in [7, 11) is 0. The summed E-state index contributed by atoms with van der Waals surface area (Å²) < 4.78 is 5.28. The predicted molar refractivity (Wildman–Crippen MR) is 84.1 cm³/mol. The van der Waals surface area contributed by atoms with Crippen LogP contribution >= 0.6 is 12.4 Å². The zero-order valence-corrected chi connectivity index (χ0v) is 13.3. The molecule has 0 heterocycles. The van der Waals surface area contributed by atoms with E-state index >= 15 is 0 Å². The lowest BCUT2D eigenvalue weighted by molar-refractivity contribution is -0.133. The molecule has 0 aromatic heterocycles. The fourth-order valence-electron chi connectivity index (χ4n) is 1.86. The van der Waals surface area contributed by atoms with Gasteiger partial charge in [-0.05, 0) is 26.3 Å². The van der Waals surface area contributed by atoms with E-state index in [0.29, 0.717) is 26.3 Å². The number of hydrogen-bond acceptors (Lipinski definition) is 3. The molecule has 0 bridgehead atoms. The number of carbonyl (C=O) groups excluding carboxylic acids is 1. The number of likely N-dealkylation sites (N-methyl/N-ethyl adjacent to an activating group) is 1. The van der Waals surface area contributed by atoms with E-state index in [-0.39, 0.29) is 18.3 Å². The molecule has 1 amide bonds. The molecule has 0 saturated heterocycles. The normalized spacial score (nSPS) is 11.6. The molecule has 114 valence electrons. The first-order valence-corrected chi connectivity index (χ1v) is 6.78. The third-order valence-electron chi connectivity index (χ3n) is 3.11. The lowest BCUT2D eigenvalue weighted by Gasteiger charge is -2.24. The van der Waals surface area contributed by atoms with Crippen LogP contribution in [0.1, 0.15) is 31.0 Å². The Balaban J connectivity index is 0.00000361. The Morgan fingerprint density at radius 1 is 1.30 bits per heavy atom. The summed E-state index contributed by atoms with van der Waals surface area (Å²) in [4.78, 5) is 14.0. The Morgan fingerprint density at radius 2 is 1.90 bits per heavy atom. The van der Waals surface area contributed by atoms with Gasteiger partial charge in [0.25, 0.3) is 0 Å². The van der Waals surface area contributed by atoms with Crippen LogP contribution in [0.2, 0.25) is 0 Å². The number of nitrogens with two attached hydrogens (primary N) is 1. The molecule has 1 unspecified atom stereocenters. The minimum absolute atomic E-state index is 0.